The van der Waals surface area contributed by atoms with Gasteiger partial charge in [0, 0.05) is 11.6 Å². The van der Waals surface area contributed by atoms with Crippen LogP contribution in [0.2, 0.25) is 0 Å². The molecule has 4 heteroatoms. The predicted molar refractivity (Wildman–Crippen MR) is 67.4 cm³/mol. The lowest BCUT2D eigenvalue weighted by Crippen LogP contribution is -2.24. The second kappa shape index (κ2) is 5.14. The van der Waals surface area contributed by atoms with Gasteiger partial charge in [-0.05, 0) is 17.7 Å². The summed E-state index contributed by atoms with van der Waals surface area (Å²) in [6.45, 7) is 0. The van der Waals surface area contributed by atoms with Crippen molar-refractivity contribution in [2.45, 2.75) is 0 Å². The molecule has 2 rings (SSSR count). The fraction of sp³-hybridized carbons (Fsp3) is 0. The lowest BCUT2D eigenvalue weighted by atomic mass is 10.0. The highest BCUT2D eigenvalue weighted by Gasteiger charge is 2.10. The molecule has 0 bridgehead atoms. The molecule has 4 nitrogen and oxygen atoms in total. The van der Waals surface area contributed by atoms with E-state index in [-0.39, 0.29) is 5.57 Å². The topological polar surface area (TPSA) is 64.2 Å². The maximum atomic E-state index is 11.2. The summed E-state index contributed by atoms with van der Waals surface area (Å²) in [6.07, 6.45) is 4.15. The SMILES string of the molecule is O=C(O)/C(=C/c1ccc[n+]([O-])c1)c1ccccc1. The first-order valence-electron chi connectivity index (χ1n) is 5.36. The van der Waals surface area contributed by atoms with E-state index >= 15 is 0 Å². The summed E-state index contributed by atoms with van der Waals surface area (Å²) >= 11 is 0. The van der Waals surface area contributed by atoms with Crippen molar-refractivity contribution in [3.63, 3.8) is 0 Å². The molecule has 0 spiro atoms. The van der Waals surface area contributed by atoms with E-state index < -0.39 is 5.97 Å². The summed E-state index contributed by atoms with van der Waals surface area (Å²) in [7, 11) is 0. The molecule has 0 saturated heterocycles. The second-order valence-electron chi connectivity index (χ2n) is 3.73. The summed E-state index contributed by atoms with van der Waals surface area (Å²) in [6, 6.07) is 12.0. The van der Waals surface area contributed by atoms with Crippen molar-refractivity contribution in [3.05, 3.63) is 71.2 Å². The maximum absolute atomic E-state index is 11.2. The van der Waals surface area contributed by atoms with Crippen LogP contribution >= 0.6 is 0 Å². The average molecular weight is 241 g/mol. The Balaban J connectivity index is 2.46. The van der Waals surface area contributed by atoms with Crippen molar-refractivity contribution in [2.24, 2.45) is 0 Å². The fourth-order valence-corrected chi connectivity index (χ4v) is 1.61. The lowest BCUT2D eigenvalue weighted by molar-refractivity contribution is -0.605. The highest BCUT2D eigenvalue weighted by molar-refractivity contribution is 6.20. The molecule has 0 unspecified atom stereocenters. The molecular weight excluding hydrogens is 230 g/mol. The van der Waals surface area contributed by atoms with Gasteiger partial charge in [0.2, 0.25) is 0 Å². The highest BCUT2D eigenvalue weighted by Crippen LogP contribution is 2.17. The molecule has 90 valence electrons. The minimum absolute atomic E-state index is 0.154. The molecule has 0 atom stereocenters. The number of carboxylic acid groups (broad SMARTS) is 1. The van der Waals surface area contributed by atoms with Crippen LogP contribution in [0.25, 0.3) is 11.6 Å². The van der Waals surface area contributed by atoms with Gasteiger partial charge >= 0.3 is 5.97 Å². The van der Waals surface area contributed by atoms with Crippen LogP contribution in [0.5, 0.6) is 0 Å². The molecule has 2 aromatic rings. The summed E-state index contributed by atoms with van der Waals surface area (Å²) < 4.78 is 0.635. The van der Waals surface area contributed by atoms with Gasteiger partial charge in [-0.3, -0.25) is 0 Å². The van der Waals surface area contributed by atoms with Gasteiger partial charge in [0.15, 0.2) is 12.4 Å². The Morgan fingerprint density at radius 2 is 1.89 bits per heavy atom. The molecule has 0 amide bonds. The standard InChI is InChI=1S/C14H11NO3/c16-14(17)13(12-6-2-1-3-7-12)9-11-5-4-8-15(18)10-11/h1-10H,(H,16,17)/b13-9+. The van der Waals surface area contributed by atoms with Gasteiger partial charge in [0.1, 0.15) is 0 Å². The van der Waals surface area contributed by atoms with Crippen LogP contribution in [0.3, 0.4) is 0 Å². The molecule has 0 aliphatic rings. The Hall–Kier alpha value is -2.62. The summed E-state index contributed by atoms with van der Waals surface area (Å²) in [5.41, 5.74) is 1.31. The first-order valence-corrected chi connectivity index (χ1v) is 5.36. The van der Waals surface area contributed by atoms with E-state index in [1.807, 2.05) is 6.07 Å². The minimum atomic E-state index is -1.03. The fourth-order valence-electron chi connectivity index (χ4n) is 1.61. The number of rotatable bonds is 3. The van der Waals surface area contributed by atoms with E-state index in [1.54, 1.807) is 36.4 Å². The van der Waals surface area contributed by atoms with Gasteiger partial charge < -0.3 is 10.3 Å². The van der Waals surface area contributed by atoms with Gasteiger partial charge in [-0.15, -0.1) is 0 Å². The van der Waals surface area contributed by atoms with Crippen LogP contribution < -0.4 is 4.73 Å². The summed E-state index contributed by atoms with van der Waals surface area (Å²) in [5.74, 6) is -1.03. The van der Waals surface area contributed by atoms with Crippen molar-refractivity contribution in [1.29, 1.82) is 0 Å². The third kappa shape index (κ3) is 2.74. The Morgan fingerprint density at radius 1 is 1.17 bits per heavy atom. The molecule has 1 N–H and O–H groups in total. The molecular formula is C14H11NO3. The number of carboxylic acids is 1. The van der Waals surface area contributed by atoms with E-state index in [2.05, 4.69) is 0 Å². The van der Waals surface area contributed by atoms with E-state index in [0.29, 0.717) is 15.9 Å². The second-order valence-corrected chi connectivity index (χ2v) is 3.73. The Kier molecular flexibility index (Phi) is 3.38. The van der Waals surface area contributed by atoms with E-state index in [9.17, 15) is 15.1 Å². The Labute approximate surface area is 104 Å². The van der Waals surface area contributed by atoms with Crippen molar-refractivity contribution >= 4 is 17.6 Å². The van der Waals surface area contributed by atoms with Crippen molar-refractivity contribution in [2.75, 3.05) is 0 Å². The minimum Gasteiger partial charge on any atom is -0.619 e. The van der Waals surface area contributed by atoms with Gasteiger partial charge in [-0.1, -0.05) is 30.3 Å². The smallest absolute Gasteiger partial charge is 0.336 e. The van der Waals surface area contributed by atoms with Crippen molar-refractivity contribution < 1.29 is 14.6 Å². The Bertz CT molecular complexity index is 591. The van der Waals surface area contributed by atoms with Crippen molar-refractivity contribution in [1.82, 2.24) is 0 Å². The molecule has 1 aromatic heterocycles. The molecule has 0 aliphatic carbocycles. The van der Waals surface area contributed by atoms with Crippen LogP contribution in [-0.4, -0.2) is 11.1 Å². The zero-order valence-corrected chi connectivity index (χ0v) is 9.48. The zero-order chi connectivity index (χ0) is 13.0. The van der Waals surface area contributed by atoms with Crippen LogP contribution in [0.15, 0.2) is 54.9 Å². The number of benzene rings is 1. The largest absolute Gasteiger partial charge is 0.619 e. The monoisotopic (exact) mass is 241 g/mol. The number of aromatic nitrogens is 1. The number of nitrogens with zero attached hydrogens (tertiary/aromatic N) is 1. The molecule has 0 radical (unpaired) electrons. The third-order valence-electron chi connectivity index (χ3n) is 2.42. The number of hydrogen-bond acceptors (Lipinski definition) is 2. The number of carbonyl (C=O) groups is 1. The van der Waals surface area contributed by atoms with Gasteiger partial charge in [0.05, 0.1) is 5.57 Å². The highest BCUT2D eigenvalue weighted by atomic mass is 16.5. The third-order valence-corrected chi connectivity index (χ3v) is 2.42. The number of pyridine rings is 1. The number of aliphatic carboxylic acids is 1. The van der Waals surface area contributed by atoms with Crippen LogP contribution in [0.1, 0.15) is 11.1 Å². The molecule has 1 heterocycles. The zero-order valence-electron chi connectivity index (χ0n) is 9.48. The van der Waals surface area contributed by atoms with E-state index in [1.165, 1.54) is 18.5 Å². The van der Waals surface area contributed by atoms with Crippen molar-refractivity contribution in [3.8, 4) is 0 Å². The normalized spacial score (nSPS) is 11.2. The van der Waals surface area contributed by atoms with Gasteiger partial charge in [-0.25, -0.2) is 4.79 Å². The molecule has 0 fully saturated rings. The molecule has 0 aliphatic heterocycles. The summed E-state index contributed by atoms with van der Waals surface area (Å²) in [5, 5.41) is 20.3. The number of hydrogen-bond donors (Lipinski definition) is 1. The van der Waals surface area contributed by atoms with Crippen LogP contribution in [-0.2, 0) is 4.79 Å². The average Bonchev–Trinajstić information content (AvgIpc) is 2.37. The maximum Gasteiger partial charge on any atom is 0.336 e. The quantitative estimate of drug-likeness (QED) is 0.507. The van der Waals surface area contributed by atoms with Crippen LogP contribution in [0, 0.1) is 5.21 Å². The first-order chi connectivity index (χ1) is 8.66. The Morgan fingerprint density at radius 3 is 2.50 bits per heavy atom. The lowest BCUT2D eigenvalue weighted by Gasteiger charge is -2.02. The van der Waals surface area contributed by atoms with Gasteiger partial charge in [-0.2, -0.15) is 4.73 Å². The first kappa shape index (κ1) is 11.9. The molecule has 0 saturated carbocycles. The predicted octanol–water partition coefficient (Wildman–Crippen LogP) is 1.95. The molecule has 18 heavy (non-hydrogen) atoms. The van der Waals surface area contributed by atoms with E-state index in [0.717, 1.165) is 0 Å². The molecule has 1 aromatic carbocycles. The summed E-state index contributed by atoms with van der Waals surface area (Å²) in [4.78, 5) is 11.2. The van der Waals surface area contributed by atoms with Gasteiger partial charge in [0.25, 0.3) is 0 Å². The van der Waals surface area contributed by atoms with Crippen LogP contribution in [0.4, 0.5) is 0 Å². The van der Waals surface area contributed by atoms with E-state index in [4.69, 9.17) is 0 Å².